The van der Waals surface area contributed by atoms with Gasteiger partial charge in [0.2, 0.25) is 0 Å². The van der Waals surface area contributed by atoms with E-state index in [9.17, 15) is 13.2 Å². The van der Waals surface area contributed by atoms with E-state index in [0.717, 1.165) is 12.1 Å². The smallest absolute Gasteiger partial charge is 0.382 e. The Morgan fingerprint density at radius 3 is 2.33 bits per heavy atom. The molecule has 0 amide bonds. The average molecular weight is 307 g/mol. The largest absolute Gasteiger partial charge is 0.416 e. The van der Waals surface area contributed by atoms with Gasteiger partial charge < -0.3 is 20.1 Å². The summed E-state index contributed by atoms with van der Waals surface area (Å²) in [7, 11) is 1.57. The Morgan fingerprint density at radius 2 is 1.76 bits per heavy atom. The Kier molecular flexibility index (Phi) is 7.24. The summed E-state index contributed by atoms with van der Waals surface area (Å²) in [4.78, 5) is 4.07. The molecule has 0 aliphatic carbocycles. The van der Waals surface area contributed by atoms with Crippen molar-refractivity contribution in [2.24, 2.45) is 0 Å². The number of nitrogens with zero attached hydrogens (tertiary/aromatic N) is 1. The van der Waals surface area contributed by atoms with Crippen LogP contribution in [-0.2, 0) is 15.7 Å². The lowest BCUT2D eigenvalue weighted by molar-refractivity contribution is -0.137. The molecule has 0 unspecified atom stereocenters. The predicted molar refractivity (Wildman–Crippen MR) is 74.6 cm³/mol. The number of pyridine rings is 1. The molecule has 2 N–H and O–H groups in total. The highest BCUT2D eigenvalue weighted by molar-refractivity contribution is 5.49. The summed E-state index contributed by atoms with van der Waals surface area (Å²) in [5.74, 6) is 0.353. The highest BCUT2D eigenvalue weighted by atomic mass is 19.4. The molecule has 8 heteroatoms. The van der Waals surface area contributed by atoms with E-state index in [0.29, 0.717) is 32.9 Å². The minimum Gasteiger partial charge on any atom is -0.382 e. The minimum absolute atomic E-state index is 0.163. The zero-order chi connectivity index (χ0) is 15.7. The van der Waals surface area contributed by atoms with Crippen molar-refractivity contribution in [1.82, 2.24) is 4.98 Å². The van der Waals surface area contributed by atoms with Gasteiger partial charge in [0.15, 0.2) is 0 Å². The van der Waals surface area contributed by atoms with E-state index < -0.39 is 11.7 Å². The molecule has 0 fully saturated rings. The fraction of sp³-hybridized carbons (Fsp3) is 0.615. The summed E-state index contributed by atoms with van der Waals surface area (Å²) >= 11 is 0. The zero-order valence-electron chi connectivity index (χ0n) is 12.1. The summed E-state index contributed by atoms with van der Waals surface area (Å²) in [6.07, 6.45) is -4.40. The van der Waals surface area contributed by atoms with Crippen molar-refractivity contribution in [1.29, 1.82) is 0 Å². The molecule has 0 radical (unpaired) electrons. The third kappa shape index (κ3) is 6.63. The molecule has 120 valence electrons. The number of anilines is 2. The Hall–Kier alpha value is -1.54. The van der Waals surface area contributed by atoms with Gasteiger partial charge in [0, 0.05) is 20.2 Å². The van der Waals surface area contributed by atoms with Gasteiger partial charge >= 0.3 is 6.18 Å². The Morgan fingerprint density at radius 1 is 1.10 bits per heavy atom. The predicted octanol–water partition coefficient (Wildman–Crippen LogP) is 2.61. The topological polar surface area (TPSA) is 55.4 Å². The van der Waals surface area contributed by atoms with E-state index in [1.165, 1.54) is 0 Å². The van der Waals surface area contributed by atoms with Crippen LogP contribution in [0.1, 0.15) is 12.5 Å². The maximum absolute atomic E-state index is 12.8. The molecule has 5 nitrogen and oxygen atoms in total. The first kappa shape index (κ1) is 17.5. The first-order valence-corrected chi connectivity index (χ1v) is 6.61. The molecule has 0 aliphatic rings. The van der Waals surface area contributed by atoms with Crippen LogP contribution in [0.2, 0.25) is 0 Å². The number of aromatic nitrogens is 1. The average Bonchev–Trinajstić information content (AvgIpc) is 2.42. The van der Waals surface area contributed by atoms with Crippen molar-refractivity contribution in [2.75, 3.05) is 50.7 Å². The van der Waals surface area contributed by atoms with Gasteiger partial charge in [-0.1, -0.05) is 0 Å². The first-order chi connectivity index (χ1) is 9.97. The monoisotopic (exact) mass is 307 g/mol. The molecule has 0 spiro atoms. The van der Waals surface area contributed by atoms with Gasteiger partial charge in [-0.3, -0.25) is 0 Å². The van der Waals surface area contributed by atoms with E-state index in [1.807, 2.05) is 0 Å². The Balaban J connectivity index is 2.61. The van der Waals surface area contributed by atoms with Gasteiger partial charge in [-0.2, -0.15) is 13.2 Å². The van der Waals surface area contributed by atoms with Crippen LogP contribution in [0.5, 0.6) is 0 Å². The molecule has 1 aromatic heterocycles. The number of hydrogen-bond donors (Lipinski definition) is 2. The molecule has 21 heavy (non-hydrogen) atoms. The standard InChI is InChI=1S/C13H20F3N3O2/c1-3-17-11-8-10(13(14,15)16)9-12(19-11)18-4-5-21-7-6-20-2/h8-9H,3-7H2,1-2H3,(H2,17,18,19). The number of methoxy groups -OCH3 is 1. The van der Waals surface area contributed by atoms with Crippen LogP contribution in [0.15, 0.2) is 12.1 Å². The zero-order valence-corrected chi connectivity index (χ0v) is 12.1. The summed E-state index contributed by atoms with van der Waals surface area (Å²) < 4.78 is 48.4. The van der Waals surface area contributed by atoms with Gasteiger partial charge in [-0.25, -0.2) is 4.98 Å². The van der Waals surface area contributed by atoms with Crippen LogP contribution >= 0.6 is 0 Å². The Bertz CT molecular complexity index is 428. The van der Waals surface area contributed by atoms with Crippen LogP contribution in [0, 0.1) is 0 Å². The number of hydrogen-bond acceptors (Lipinski definition) is 5. The van der Waals surface area contributed by atoms with Crippen molar-refractivity contribution < 1.29 is 22.6 Å². The second-order valence-electron chi connectivity index (χ2n) is 4.19. The molecule has 0 saturated carbocycles. The van der Waals surface area contributed by atoms with E-state index in [2.05, 4.69) is 15.6 Å². The summed E-state index contributed by atoms with van der Waals surface area (Å²) in [5, 5.41) is 5.60. The lowest BCUT2D eigenvalue weighted by atomic mass is 10.2. The van der Waals surface area contributed by atoms with Gasteiger partial charge in [-0.05, 0) is 19.1 Å². The normalized spacial score (nSPS) is 11.5. The van der Waals surface area contributed by atoms with Crippen molar-refractivity contribution >= 4 is 11.6 Å². The highest BCUT2D eigenvalue weighted by Crippen LogP contribution is 2.31. The summed E-state index contributed by atoms with van der Waals surface area (Å²) in [6.45, 7) is 3.93. The fourth-order valence-corrected chi connectivity index (χ4v) is 1.55. The highest BCUT2D eigenvalue weighted by Gasteiger charge is 2.31. The van der Waals surface area contributed by atoms with Crippen LogP contribution < -0.4 is 10.6 Å². The van der Waals surface area contributed by atoms with Crippen molar-refractivity contribution in [3.8, 4) is 0 Å². The lowest BCUT2D eigenvalue weighted by Gasteiger charge is -2.13. The van der Waals surface area contributed by atoms with E-state index in [4.69, 9.17) is 9.47 Å². The summed E-state index contributed by atoms with van der Waals surface area (Å²) in [6, 6.07) is 1.97. The number of ether oxygens (including phenoxy) is 2. The van der Waals surface area contributed by atoms with E-state index in [-0.39, 0.29) is 11.6 Å². The van der Waals surface area contributed by atoms with Crippen molar-refractivity contribution in [2.45, 2.75) is 13.1 Å². The minimum atomic E-state index is -4.40. The maximum Gasteiger partial charge on any atom is 0.416 e. The number of alkyl halides is 3. The third-order valence-corrected chi connectivity index (χ3v) is 2.49. The van der Waals surface area contributed by atoms with Gasteiger partial charge in [0.1, 0.15) is 11.6 Å². The molecule has 0 aromatic carbocycles. The van der Waals surface area contributed by atoms with Crippen LogP contribution in [0.3, 0.4) is 0 Å². The van der Waals surface area contributed by atoms with Crippen LogP contribution in [-0.4, -0.2) is 45.0 Å². The van der Waals surface area contributed by atoms with Crippen LogP contribution in [0.4, 0.5) is 24.8 Å². The second-order valence-corrected chi connectivity index (χ2v) is 4.19. The number of nitrogens with one attached hydrogen (secondary N) is 2. The first-order valence-electron chi connectivity index (χ1n) is 6.61. The molecule has 0 aliphatic heterocycles. The second kappa shape index (κ2) is 8.68. The SMILES string of the molecule is CCNc1cc(C(F)(F)F)cc(NCCOCCOC)n1. The fourth-order valence-electron chi connectivity index (χ4n) is 1.55. The van der Waals surface area contributed by atoms with E-state index >= 15 is 0 Å². The molecule has 1 rings (SSSR count). The Labute approximate surface area is 121 Å². The van der Waals surface area contributed by atoms with Gasteiger partial charge in [0.25, 0.3) is 0 Å². The molecule has 0 atom stereocenters. The number of rotatable bonds is 9. The third-order valence-electron chi connectivity index (χ3n) is 2.49. The molecule has 1 aromatic rings. The summed E-state index contributed by atoms with van der Waals surface area (Å²) in [5.41, 5.74) is -0.740. The van der Waals surface area contributed by atoms with Gasteiger partial charge in [0.05, 0.1) is 25.4 Å². The molecule has 0 saturated heterocycles. The number of halogens is 3. The van der Waals surface area contributed by atoms with E-state index in [1.54, 1.807) is 14.0 Å². The van der Waals surface area contributed by atoms with Crippen molar-refractivity contribution in [3.05, 3.63) is 17.7 Å². The molecule has 1 heterocycles. The van der Waals surface area contributed by atoms with Gasteiger partial charge in [-0.15, -0.1) is 0 Å². The lowest BCUT2D eigenvalue weighted by Crippen LogP contribution is -2.15. The molecular weight excluding hydrogens is 287 g/mol. The maximum atomic E-state index is 12.8. The molecule has 0 bridgehead atoms. The molecular formula is C13H20F3N3O2. The van der Waals surface area contributed by atoms with Crippen LogP contribution in [0.25, 0.3) is 0 Å². The quantitative estimate of drug-likeness (QED) is 0.687. The van der Waals surface area contributed by atoms with Crippen molar-refractivity contribution in [3.63, 3.8) is 0 Å².